The van der Waals surface area contributed by atoms with Gasteiger partial charge in [0.25, 0.3) is 0 Å². The summed E-state index contributed by atoms with van der Waals surface area (Å²) in [6.07, 6.45) is -2.36. The zero-order valence-corrected chi connectivity index (χ0v) is 12.8. The van der Waals surface area contributed by atoms with Crippen molar-refractivity contribution < 1.29 is 32.6 Å². The highest BCUT2D eigenvalue weighted by Gasteiger charge is 2.31. The number of alkyl halides is 3. The van der Waals surface area contributed by atoms with E-state index in [9.17, 15) is 22.8 Å². The number of amides is 1. The second-order valence-electron chi connectivity index (χ2n) is 5.82. The van der Waals surface area contributed by atoms with E-state index in [0.717, 1.165) is 0 Å². The molecule has 2 unspecified atom stereocenters. The van der Waals surface area contributed by atoms with Crippen LogP contribution in [0.5, 0.6) is 5.75 Å². The lowest BCUT2D eigenvalue weighted by molar-refractivity contribution is -0.153. The summed E-state index contributed by atoms with van der Waals surface area (Å²) >= 11 is 0. The van der Waals surface area contributed by atoms with Crippen molar-refractivity contribution in [1.29, 1.82) is 0 Å². The van der Waals surface area contributed by atoms with Gasteiger partial charge in [0.2, 0.25) is 5.91 Å². The maximum Gasteiger partial charge on any atom is 0.422 e. The second kappa shape index (κ2) is 7.55. The Morgan fingerprint density at radius 2 is 1.96 bits per heavy atom. The average Bonchev–Trinajstić information content (AvgIpc) is 2.53. The van der Waals surface area contributed by atoms with Gasteiger partial charge in [0.15, 0.2) is 6.61 Å². The third kappa shape index (κ3) is 5.43. The van der Waals surface area contributed by atoms with Gasteiger partial charge in [-0.15, -0.1) is 0 Å². The number of carbonyl (C=O) groups excluding carboxylic acids is 1. The highest BCUT2D eigenvalue weighted by Crippen LogP contribution is 2.30. The Kier molecular flexibility index (Phi) is 5.69. The first-order valence-electron chi connectivity index (χ1n) is 7.58. The van der Waals surface area contributed by atoms with Crippen molar-refractivity contribution in [1.82, 2.24) is 0 Å². The third-order valence-electron chi connectivity index (χ3n) is 3.90. The summed E-state index contributed by atoms with van der Waals surface area (Å²) in [4.78, 5) is 23.3. The lowest BCUT2D eigenvalue weighted by Crippen LogP contribution is -2.30. The first kappa shape index (κ1) is 18.1. The van der Waals surface area contributed by atoms with Gasteiger partial charge in [0.05, 0.1) is 5.92 Å². The first-order valence-corrected chi connectivity index (χ1v) is 7.58. The van der Waals surface area contributed by atoms with Gasteiger partial charge < -0.3 is 15.2 Å². The molecule has 1 saturated carbocycles. The Bertz CT molecular complexity index is 603. The van der Waals surface area contributed by atoms with Gasteiger partial charge in [-0.3, -0.25) is 9.59 Å². The van der Waals surface area contributed by atoms with E-state index in [-0.39, 0.29) is 18.1 Å². The lowest BCUT2D eigenvalue weighted by atomic mass is 9.81. The lowest BCUT2D eigenvalue weighted by Gasteiger charge is -2.25. The average molecular weight is 345 g/mol. The van der Waals surface area contributed by atoms with Crippen LogP contribution in [-0.2, 0) is 9.59 Å². The van der Waals surface area contributed by atoms with Crippen molar-refractivity contribution >= 4 is 17.6 Å². The fraction of sp³-hybridized carbons (Fsp3) is 0.500. The summed E-state index contributed by atoms with van der Waals surface area (Å²) in [5, 5.41) is 11.7. The molecule has 8 heteroatoms. The molecule has 0 saturated heterocycles. The molecule has 0 aromatic heterocycles. The molecule has 2 rings (SSSR count). The largest absolute Gasteiger partial charge is 0.484 e. The molecular formula is C16H18F3NO4. The predicted molar refractivity (Wildman–Crippen MR) is 79.7 cm³/mol. The van der Waals surface area contributed by atoms with Crippen LogP contribution in [0.1, 0.15) is 25.7 Å². The van der Waals surface area contributed by atoms with E-state index >= 15 is 0 Å². The van der Waals surface area contributed by atoms with Crippen molar-refractivity contribution in [2.45, 2.75) is 31.9 Å². The van der Waals surface area contributed by atoms with E-state index in [2.05, 4.69) is 10.1 Å². The Morgan fingerprint density at radius 3 is 2.62 bits per heavy atom. The number of hydrogen-bond donors (Lipinski definition) is 2. The van der Waals surface area contributed by atoms with Crippen molar-refractivity contribution in [3.63, 3.8) is 0 Å². The fourth-order valence-corrected chi connectivity index (χ4v) is 2.73. The van der Waals surface area contributed by atoms with E-state index < -0.39 is 30.6 Å². The molecule has 1 aromatic carbocycles. The Labute approximate surface area is 136 Å². The van der Waals surface area contributed by atoms with Crippen LogP contribution in [0.25, 0.3) is 0 Å². The van der Waals surface area contributed by atoms with E-state index in [1.807, 2.05) is 0 Å². The predicted octanol–water partition coefficient (Wildman–Crippen LogP) is 3.46. The van der Waals surface area contributed by atoms with Crippen molar-refractivity contribution in [2.24, 2.45) is 11.8 Å². The van der Waals surface area contributed by atoms with Crippen LogP contribution in [-0.4, -0.2) is 29.8 Å². The summed E-state index contributed by atoms with van der Waals surface area (Å²) in [6, 6.07) is 5.68. The maximum absolute atomic E-state index is 12.2. The molecule has 2 atom stereocenters. The van der Waals surface area contributed by atoms with Gasteiger partial charge in [-0.2, -0.15) is 13.2 Å². The number of hydrogen-bond acceptors (Lipinski definition) is 3. The van der Waals surface area contributed by atoms with Gasteiger partial charge in [-0.05, 0) is 31.4 Å². The van der Waals surface area contributed by atoms with Crippen LogP contribution in [0.4, 0.5) is 18.9 Å². The summed E-state index contributed by atoms with van der Waals surface area (Å²) in [5.41, 5.74) is 0.317. The number of benzene rings is 1. The van der Waals surface area contributed by atoms with Crippen LogP contribution >= 0.6 is 0 Å². The standard InChI is InChI=1S/C16H18F3NO4/c17-16(18,19)9-24-13-6-2-5-12(8-13)20-14(21)10-3-1-4-11(7-10)15(22)23/h2,5-6,8,10-11H,1,3-4,7,9H2,(H,20,21)(H,22,23). The number of nitrogens with one attached hydrogen (secondary N) is 1. The van der Waals surface area contributed by atoms with Gasteiger partial charge in [-0.25, -0.2) is 0 Å². The van der Waals surface area contributed by atoms with Gasteiger partial charge in [0.1, 0.15) is 5.75 Å². The van der Waals surface area contributed by atoms with Gasteiger partial charge >= 0.3 is 12.1 Å². The monoisotopic (exact) mass is 345 g/mol. The molecule has 1 aliphatic carbocycles. The third-order valence-corrected chi connectivity index (χ3v) is 3.90. The summed E-state index contributed by atoms with van der Waals surface area (Å²) < 4.78 is 41.1. The molecule has 132 valence electrons. The zero-order chi connectivity index (χ0) is 17.7. The molecule has 0 spiro atoms. The topological polar surface area (TPSA) is 75.6 Å². The van der Waals surface area contributed by atoms with E-state index in [1.54, 1.807) is 0 Å². The minimum atomic E-state index is -4.44. The van der Waals surface area contributed by atoms with Gasteiger partial charge in [-0.1, -0.05) is 12.5 Å². The molecule has 1 aliphatic rings. The number of ether oxygens (including phenoxy) is 1. The molecule has 2 N–H and O–H groups in total. The highest BCUT2D eigenvalue weighted by atomic mass is 19.4. The molecule has 5 nitrogen and oxygen atoms in total. The minimum absolute atomic E-state index is 0.00261. The second-order valence-corrected chi connectivity index (χ2v) is 5.82. The van der Waals surface area contributed by atoms with Crippen LogP contribution in [0, 0.1) is 11.8 Å². The Morgan fingerprint density at radius 1 is 1.25 bits per heavy atom. The van der Waals surface area contributed by atoms with Crippen LogP contribution in [0.3, 0.4) is 0 Å². The highest BCUT2D eigenvalue weighted by molar-refractivity contribution is 5.93. The summed E-state index contributed by atoms with van der Waals surface area (Å²) in [6.45, 7) is -1.41. The smallest absolute Gasteiger partial charge is 0.422 e. The quantitative estimate of drug-likeness (QED) is 0.857. The molecule has 24 heavy (non-hydrogen) atoms. The maximum atomic E-state index is 12.2. The van der Waals surface area contributed by atoms with Gasteiger partial charge in [0, 0.05) is 17.7 Å². The van der Waals surface area contributed by atoms with Crippen molar-refractivity contribution in [2.75, 3.05) is 11.9 Å². The molecule has 0 bridgehead atoms. The molecule has 0 heterocycles. The normalized spacial score (nSPS) is 21.1. The number of carboxylic acid groups (broad SMARTS) is 1. The molecule has 1 amide bonds. The van der Waals surface area contributed by atoms with Crippen LogP contribution < -0.4 is 10.1 Å². The Hall–Kier alpha value is -2.25. The molecule has 0 radical (unpaired) electrons. The number of anilines is 1. The number of halogens is 3. The number of carboxylic acids is 1. The van der Waals surface area contributed by atoms with Crippen molar-refractivity contribution in [3.8, 4) is 5.75 Å². The molecule has 0 aliphatic heterocycles. The number of rotatable bonds is 5. The molecule has 1 fully saturated rings. The van der Waals surface area contributed by atoms with Crippen molar-refractivity contribution in [3.05, 3.63) is 24.3 Å². The summed E-state index contributed by atoms with van der Waals surface area (Å²) in [7, 11) is 0. The Balaban J connectivity index is 1.95. The summed E-state index contributed by atoms with van der Waals surface area (Å²) in [5.74, 6) is -2.18. The minimum Gasteiger partial charge on any atom is -0.484 e. The number of aliphatic carboxylic acids is 1. The van der Waals surface area contributed by atoms with E-state index in [1.165, 1.54) is 24.3 Å². The van der Waals surface area contributed by atoms with Crippen LogP contribution in [0.2, 0.25) is 0 Å². The van der Waals surface area contributed by atoms with Crippen LogP contribution in [0.15, 0.2) is 24.3 Å². The first-order chi connectivity index (χ1) is 11.2. The molecular weight excluding hydrogens is 327 g/mol. The molecule has 1 aromatic rings. The zero-order valence-electron chi connectivity index (χ0n) is 12.8. The number of carbonyl (C=O) groups is 2. The SMILES string of the molecule is O=C(O)C1CCCC(C(=O)Nc2cccc(OCC(F)(F)F)c2)C1. The van der Waals surface area contributed by atoms with E-state index in [0.29, 0.717) is 24.9 Å². The fourth-order valence-electron chi connectivity index (χ4n) is 2.73. The van der Waals surface area contributed by atoms with E-state index in [4.69, 9.17) is 5.11 Å².